The molecule has 1 aromatic heterocycles. The van der Waals surface area contributed by atoms with Crippen molar-refractivity contribution in [2.24, 2.45) is 5.92 Å². The Kier molecular flexibility index (Phi) is 6.66. The summed E-state index contributed by atoms with van der Waals surface area (Å²) in [6, 6.07) is -0.600. The van der Waals surface area contributed by atoms with Crippen LogP contribution in [0, 0.1) is 5.92 Å². The standard InChI is InChI=1S/C13H21F3N4O2/c1-3-9(4-2)11(21)6-17-12(22)19-10-5-18-20(7-10)8-13(14,15)16/h5,7,9,11,21H,3-4,6,8H2,1-2H3,(H2,17,19,22). The van der Waals surface area contributed by atoms with Gasteiger partial charge in [0.2, 0.25) is 0 Å². The number of amides is 2. The van der Waals surface area contributed by atoms with Crippen molar-refractivity contribution in [1.29, 1.82) is 0 Å². The number of rotatable bonds is 7. The van der Waals surface area contributed by atoms with E-state index in [0.29, 0.717) is 4.68 Å². The Morgan fingerprint density at radius 3 is 2.59 bits per heavy atom. The van der Waals surface area contributed by atoms with Gasteiger partial charge < -0.3 is 15.7 Å². The van der Waals surface area contributed by atoms with E-state index in [9.17, 15) is 23.1 Å². The summed E-state index contributed by atoms with van der Waals surface area (Å²) in [5.74, 6) is 0.0924. The molecule has 9 heteroatoms. The summed E-state index contributed by atoms with van der Waals surface area (Å²) in [5, 5.41) is 18.2. The normalized spacial score (nSPS) is 13.2. The summed E-state index contributed by atoms with van der Waals surface area (Å²) in [7, 11) is 0. The van der Waals surface area contributed by atoms with Crippen molar-refractivity contribution in [2.75, 3.05) is 11.9 Å². The number of nitrogens with one attached hydrogen (secondary N) is 2. The Hall–Kier alpha value is -1.77. The molecule has 6 nitrogen and oxygen atoms in total. The second-order valence-corrected chi connectivity index (χ2v) is 5.02. The lowest BCUT2D eigenvalue weighted by molar-refractivity contribution is -0.142. The van der Waals surface area contributed by atoms with Crippen molar-refractivity contribution in [1.82, 2.24) is 15.1 Å². The van der Waals surface area contributed by atoms with Crippen molar-refractivity contribution < 1.29 is 23.1 Å². The van der Waals surface area contributed by atoms with Crippen LogP contribution in [0.3, 0.4) is 0 Å². The van der Waals surface area contributed by atoms with Crippen LogP contribution in [-0.2, 0) is 6.54 Å². The lowest BCUT2D eigenvalue weighted by atomic mass is 9.97. The summed E-state index contributed by atoms with van der Waals surface area (Å²) in [4.78, 5) is 11.6. The van der Waals surface area contributed by atoms with Gasteiger partial charge in [-0.1, -0.05) is 26.7 Å². The van der Waals surface area contributed by atoms with Gasteiger partial charge in [0.25, 0.3) is 0 Å². The zero-order chi connectivity index (χ0) is 16.8. The number of alkyl halides is 3. The minimum absolute atomic E-state index is 0.0782. The van der Waals surface area contributed by atoms with E-state index in [-0.39, 0.29) is 18.2 Å². The molecule has 0 spiro atoms. The molecule has 22 heavy (non-hydrogen) atoms. The smallest absolute Gasteiger partial charge is 0.391 e. The van der Waals surface area contributed by atoms with Crippen LogP contribution < -0.4 is 10.6 Å². The SMILES string of the molecule is CCC(CC)C(O)CNC(=O)Nc1cnn(CC(F)(F)F)c1. The summed E-state index contributed by atoms with van der Waals surface area (Å²) in [5.41, 5.74) is 0.152. The first kappa shape index (κ1) is 18.3. The number of halogens is 3. The highest BCUT2D eigenvalue weighted by atomic mass is 19.4. The molecule has 0 saturated heterocycles. The predicted octanol–water partition coefficient (Wildman–Crippen LogP) is 2.36. The summed E-state index contributed by atoms with van der Waals surface area (Å²) < 4.78 is 37.2. The average molecular weight is 322 g/mol. The second kappa shape index (κ2) is 8.02. The van der Waals surface area contributed by atoms with Crippen LogP contribution in [0.2, 0.25) is 0 Å². The van der Waals surface area contributed by atoms with Gasteiger partial charge in [-0.15, -0.1) is 0 Å². The molecule has 0 aliphatic heterocycles. The van der Waals surface area contributed by atoms with Gasteiger partial charge in [-0.3, -0.25) is 4.68 Å². The third-order valence-electron chi connectivity index (χ3n) is 3.30. The van der Waals surface area contributed by atoms with Crippen LogP contribution >= 0.6 is 0 Å². The monoisotopic (exact) mass is 322 g/mol. The van der Waals surface area contributed by atoms with Crippen LogP contribution in [0.5, 0.6) is 0 Å². The number of anilines is 1. The number of hydrogen-bond acceptors (Lipinski definition) is 3. The number of carbonyl (C=O) groups is 1. The Balaban J connectivity index is 2.42. The third-order valence-corrected chi connectivity index (χ3v) is 3.30. The Morgan fingerprint density at radius 1 is 1.41 bits per heavy atom. The van der Waals surface area contributed by atoms with E-state index >= 15 is 0 Å². The fourth-order valence-corrected chi connectivity index (χ4v) is 2.07. The fourth-order valence-electron chi connectivity index (χ4n) is 2.07. The molecule has 0 aliphatic rings. The molecule has 1 heterocycles. The van der Waals surface area contributed by atoms with Gasteiger partial charge in [0, 0.05) is 12.7 Å². The predicted molar refractivity (Wildman–Crippen MR) is 75.4 cm³/mol. The maximum absolute atomic E-state index is 12.2. The zero-order valence-electron chi connectivity index (χ0n) is 12.5. The van der Waals surface area contributed by atoms with E-state index < -0.39 is 24.9 Å². The van der Waals surface area contributed by atoms with Crippen molar-refractivity contribution in [3.63, 3.8) is 0 Å². The minimum Gasteiger partial charge on any atom is -0.391 e. The molecule has 1 rings (SSSR count). The Bertz CT molecular complexity index is 472. The fraction of sp³-hybridized carbons (Fsp3) is 0.692. The maximum Gasteiger partial charge on any atom is 0.408 e. The van der Waals surface area contributed by atoms with E-state index in [4.69, 9.17) is 0 Å². The molecular weight excluding hydrogens is 301 g/mol. The molecule has 0 radical (unpaired) electrons. The first-order valence-electron chi connectivity index (χ1n) is 7.07. The number of urea groups is 1. The van der Waals surface area contributed by atoms with Crippen LogP contribution in [0.1, 0.15) is 26.7 Å². The van der Waals surface area contributed by atoms with Crippen molar-refractivity contribution in [3.05, 3.63) is 12.4 Å². The molecular formula is C13H21F3N4O2. The number of aromatic nitrogens is 2. The van der Waals surface area contributed by atoms with Crippen LogP contribution in [-0.4, -0.2) is 39.7 Å². The Morgan fingerprint density at radius 2 is 2.05 bits per heavy atom. The summed E-state index contributed by atoms with van der Waals surface area (Å²) >= 11 is 0. The van der Waals surface area contributed by atoms with Gasteiger partial charge >= 0.3 is 12.2 Å². The van der Waals surface area contributed by atoms with Crippen molar-refractivity contribution >= 4 is 11.7 Å². The van der Waals surface area contributed by atoms with Gasteiger partial charge in [-0.2, -0.15) is 18.3 Å². The number of aliphatic hydroxyl groups excluding tert-OH is 1. The van der Waals surface area contributed by atoms with Crippen LogP contribution in [0.4, 0.5) is 23.7 Å². The van der Waals surface area contributed by atoms with Gasteiger partial charge in [-0.25, -0.2) is 4.79 Å². The van der Waals surface area contributed by atoms with Crippen molar-refractivity contribution in [3.8, 4) is 0 Å². The highest BCUT2D eigenvalue weighted by molar-refractivity contribution is 5.88. The van der Waals surface area contributed by atoms with E-state index in [2.05, 4.69) is 15.7 Å². The van der Waals surface area contributed by atoms with E-state index in [1.54, 1.807) is 0 Å². The van der Waals surface area contributed by atoms with E-state index in [0.717, 1.165) is 25.2 Å². The lowest BCUT2D eigenvalue weighted by Crippen LogP contribution is -2.38. The first-order chi connectivity index (χ1) is 10.2. The molecule has 0 fully saturated rings. The molecule has 126 valence electrons. The van der Waals surface area contributed by atoms with Gasteiger partial charge in [0.1, 0.15) is 6.54 Å². The average Bonchev–Trinajstić information content (AvgIpc) is 2.82. The number of carbonyl (C=O) groups excluding carboxylic acids is 1. The Labute approximate surface area is 126 Å². The molecule has 0 saturated carbocycles. The van der Waals surface area contributed by atoms with Crippen molar-refractivity contribution in [2.45, 2.75) is 45.5 Å². The molecule has 1 atom stereocenters. The molecule has 3 N–H and O–H groups in total. The topological polar surface area (TPSA) is 79.2 Å². The first-order valence-corrected chi connectivity index (χ1v) is 7.07. The van der Waals surface area contributed by atoms with Crippen LogP contribution in [0.25, 0.3) is 0 Å². The number of nitrogens with zero attached hydrogens (tertiary/aromatic N) is 2. The minimum atomic E-state index is -4.37. The molecule has 2 amide bonds. The van der Waals surface area contributed by atoms with E-state index in [1.807, 2.05) is 13.8 Å². The largest absolute Gasteiger partial charge is 0.408 e. The zero-order valence-corrected chi connectivity index (χ0v) is 12.5. The quantitative estimate of drug-likeness (QED) is 0.721. The molecule has 0 bridgehead atoms. The molecule has 0 aliphatic carbocycles. The maximum atomic E-state index is 12.2. The molecule has 1 unspecified atom stereocenters. The molecule has 1 aromatic rings. The summed E-state index contributed by atoms with van der Waals surface area (Å²) in [6.45, 7) is 2.76. The second-order valence-electron chi connectivity index (χ2n) is 5.02. The lowest BCUT2D eigenvalue weighted by Gasteiger charge is -2.20. The van der Waals surface area contributed by atoms with Crippen LogP contribution in [0.15, 0.2) is 12.4 Å². The molecule has 0 aromatic carbocycles. The van der Waals surface area contributed by atoms with E-state index in [1.165, 1.54) is 0 Å². The van der Waals surface area contributed by atoms with Gasteiger partial charge in [0.15, 0.2) is 0 Å². The third kappa shape index (κ3) is 6.33. The highest BCUT2D eigenvalue weighted by Crippen LogP contribution is 2.18. The van der Waals surface area contributed by atoms with Gasteiger partial charge in [0.05, 0.1) is 18.0 Å². The van der Waals surface area contributed by atoms with Gasteiger partial charge in [-0.05, 0) is 5.92 Å². The highest BCUT2D eigenvalue weighted by Gasteiger charge is 2.28. The number of hydrogen-bond donors (Lipinski definition) is 3. The summed E-state index contributed by atoms with van der Waals surface area (Å²) in [6.07, 6.45) is -1.22. The number of aliphatic hydroxyl groups is 1.